The molecule has 2 heterocycles. The first-order chi connectivity index (χ1) is 13.0. The summed E-state index contributed by atoms with van der Waals surface area (Å²) in [6, 6.07) is 8.50. The van der Waals surface area contributed by atoms with Crippen LogP contribution in [0.4, 0.5) is 4.79 Å². The fourth-order valence-corrected chi connectivity index (χ4v) is 3.53. The number of urea groups is 1. The maximum Gasteiger partial charge on any atom is 0.344 e. The van der Waals surface area contributed by atoms with E-state index in [1.807, 2.05) is 18.2 Å². The van der Waals surface area contributed by atoms with Gasteiger partial charge in [0.1, 0.15) is 5.54 Å². The number of hydrogen-bond acceptors (Lipinski definition) is 5. The van der Waals surface area contributed by atoms with E-state index in [9.17, 15) is 14.4 Å². The number of benzene rings is 1. The van der Waals surface area contributed by atoms with E-state index in [-0.39, 0.29) is 5.69 Å². The molecule has 0 atom stereocenters. The molecule has 1 saturated heterocycles. The van der Waals surface area contributed by atoms with E-state index in [1.54, 1.807) is 12.1 Å². The second-order valence-corrected chi connectivity index (χ2v) is 7.13. The largest absolute Gasteiger partial charge is 0.344 e. The van der Waals surface area contributed by atoms with Crippen LogP contribution < -0.4 is 10.7 Å². The summed E-state index contributed by atoms with van der Waals surface area (Å²) in [7, 11) is 0. The third kappa shape index (κ3) is 3.05. The van der Waals surface area contributed by atoms with Crippen molar-refractivity contribution in [3.05, 3.63) is 42.2 Å². The molecule has 9 heteroatoms. The first-order valence-electron chi connectivity index (χ1n) is 8.94. The number of carbonyl (C=O) groups is 3. The maximum atomic E-state index is 12.8. The van der Waals surface area contributed by atoms with E-state index in [4.69, 9.17) is 0 Å². The lowest BCUT2D eigenvalue weighted by atomic mass is 9.77. The zero-order valence-corrected chi connectivity index (χ0v) is 14.9. The molecule has 1 saturated carbocycles. The number of aromatic nitrogens is 3. The third-order valence-electron chi connectivity index (χ3n) is 5.21. The highest BCUT2D eigenvalue weighted by Crippen LogP contribution is 2.35. The minimum absolute atomic E-state index is 0.0117. The molecule has 4 amide bonds. The van der Waals surface area contributed by atoms with Crippen molar-refractivity contribution in [3.8, 4) is 5.69 Å². The molecule has 140 valence electrons. The van der Waals surface area contributed by atoms with Crippen LogP contribution in [0.15, 0.2) is 36.5 Å². The molecule has 2 fully saturated rings. The molecule has 1 aliphatic carbocycles. The molecule has 2 aromatic rings. The van der Waals surface area contributed by atoms with Crippen LogP contribution in [0.3, 0.4) is 0 Å². The Bertz CT molecular complexity index is 886. The van der Waals surface area contributed by atoms with E-state index in [1.165, 1.54) is 11.0 Å². The molecule has 0 bridgehead atoms. The van der Waals surface area contributed by atoms with Crippen molar-refractivity contribution < 1.29 is 14.4 Å². The van der Waals surface area contributed by atoms with Crippen molar-refractivity contribution in [2.45, 2.75) is 38.1 Å². The highest BCUT2D eigenvalue weighted by Gasteiger charge is 2.53. The molecular weight excluding hydrogens is 348 g/mol. The lowest BCUT2D eigenvalue weighted by molar-refractivity contribution is -0.134. The second kappa shape index (κ2) is 6.49. The molecule has 0 radical (unpaired) electrons. The summed E-state index contributed by atoms with van der Waals surface area (Å²) in [5.41, 5.74) is 2.16. The predicted molar refractivity (Wildman–Crippen MR) is 94.6 cm³/mol. The van der Waals surface area contributed by atoms with Gasteiger partial charge in [0, 0.05) is 0 Å². The van der Waals surface area contributed by atoms with Crippen molar-refractivity contribution in [1.82, 2.24) is 30.7 Å². The average Bonchev–Trinajstić information content (AvgIpc) is 3.25. The van der Waals surface area contributed by atoms with Gasteiger partial charge in [0.2, 0.25) is 0 Å². The molecule has 27 heavy (non-hydrogen) atoms. The van der Waals surface area contributed by atoms with E-state index >= 15 is 0 Å². The molecule has 1 aliphatic heterocycles. The van der Waals surface area contributed by atoms with Crippen molar-refractivity contribution in [2.24, 2.45) is 5.92 Å². The Morgan fingerprint density at radius 1 is 1.22 bits per heavy atom. The zero-order valence-electron chi connectivity index (χ0n) is 14.9. The maximum absolute atomic E-state index is 12.8. The molecule has 2 aliphatic rings. The lowest BCUT2D eigenvalue weighted by Crippen LogP contribution is -2.51. The summed E-state index contributed by atoms with van der Waals surface area (Å²) in [4.78, 5) is 38.8. The SMILES string of the molecule is CC1CCC2(CC1)NC(=O)N(NC(=O)c1cnn(-c3ccccc3)n1)C2=O. The molecular formula is C18H20N6O3. The molecule has 2 N–H and O–H groups in total. The highest BCUT2D eigenvalue weighted by atomic mass is 16.2. The molecule has 0 unspecified atom stereocenters. The quantitative estimate of drug-likeness (QED) is 0.796. The first-order valence-corrected chi connectivity index (χ1v) is 8.94. The monoisotopic (exact) mass is 368 g/mol. The number of nitrogens with zero attached hydrogens (tertiary/aromatic N) is 4. The van der Waals surface area contributed by atoms with Crippen molar-refractivity contribution in [2.75, 3.05) is 0 Å². The predicted octanol–water partition coefficient (Wildman–Crippen LogP) is 1.41. The minimum Gasteiger partial charge on any atom is -0.322 e. The molecule has 4 rings (SSSR count). The summed E-state index contributed by atoms with van der Waals surface area (Å²) in [5, 5.41) is 11.7. The van der Waals surface area contributed by atoms with Gasteiger partial charge < -0.3 is 5.32 Å². The third-order valence-corrected chi connectivity index (χ3v) is 5.21. The Morgan fingerprint density at radius 3 is 2.63 bits per heavy atom. The Kier molecular flexibility index (Phi) is 4.14. The fraction of sp³-hybridized carbons (Fsp3) is 0.389. The van der Waals surface area contributed by atoms with Gasteiger partial charge in [-0.3, -0.25) is 15.0 Å². The van der Waals surface area contributed by atoms with Crippen molar-refractivity contribution in [1.29, 1.82) is 0 Å². The fourth-order valence-electron chi connectivity index (χ4n) is 3.53. The van der Waals surface area contributed by atoms with Crippen LogP contribution in [0.5, 0.6) is 0 Å². The van der Waals surface area contributed by atoms with Crippen molar-refractivity contribution >= 4 is 17.8 Å². The van der Waals surface area contributed by atoms with E-state index < -0.39 is 23.4 Å². The van der Waals surface area contributed by atoms with Crippen LogP contribution in [-0.4, -0.2) is 43.4 Å². The first kappa shape index (κ1) is 17.2. The summed E-state index contributed by atoms with van der Waals surface area (Å²) >= 11 is 0. The topological polar surface area (TPSA) is 109 Å². The highest BCUT2D eigenvalue weighted by molar-refractivity contribution is 6.09. The summed E-state index contributed by atoms with van der Waals surface area (Å²) in [5.74, 6) is -0.554. The van der Waals surface area contributed by atoms with Gasteiger partial charge in [-0.2, -0.15) is 14.9 Å². The molecule has 1 aromatic heterocycles. The normalized spacial score (nSPS) is 24.9. The van der Waals surface area contributed by atoms with E-state index in [0.29, 0.717) is 24.4 Å². The van der Waals surface area contributed by atoms with Crippen LogP contribution >= 0.6 is 0 Å². The van der Waals surface area contributed by atoms with Crippen LogP contribution in [0.25, 0.3) is 5.69 Å². The smallest absolute Gasteiger partial charge is 0.322 e. The number of carbonyl (C=O) groups excluding carboxylic acids is 3. The summed E-state index contributed by atoms with van der Waals surface area (Å²) < 4.78 is 0. The van der Waals surface area contributed by atoms with E-state index in [0.717, 1.165) is 17.9 Å². The number of nitrogens with one attached hydrogen (secondary N) is 2. The zero-order chi connectivity index (χ0) is 19.0. The second-order valence-electron chi connectivity index (χ2n) is 7.13. The number of amides is 4. The van der Waals surface area contributed by atoms with Crippen LogP contribution in [0.2, 0.25) is 0 Å². The Labute approximate surface area is 155 Å². The molecule has 1 spiro atoms. The van der Waals surface area contributed by atoms with Crippen LogP contribution in [0, 0.1) is 5.92 Å². The van der Waals surface area contributed by atoms with Crippen LogP contribution in [-0.2, 0) is 4.79 Å². The Morgan fingerprint density at radius 2 is 1.93 bits per heavy atom. The number of para-hydroxylation sites is 1. The lowest BCUT2D eigenvalue weighted by Gasteiger charge is -2.33. The molecule has 9 nitrogen and oxygen atoms in total. The van der Waals surface area contributed by atoms with Gasteiger partial charge >= 0.3 is 6.03 Å². The summed E-state index contributed by atoms with van der Waals surface area (Å²) in [6.45, 7) is 2.13. The van der Waals surface area contributed by atoms with Gasteiger partial charge in [-0.15, -0.1) is 5.10 Å². The van der Waals surface area contributed by atoms with E-state index in [2.05, 4.69) is 27.9 Å². The molecule has 1 aromatic carbocycles. The van der Waals surface area contributed by atoms with Crippen LogP contribution in [0.1, 0.15) is 43.1 Å². The minimum atomic E-state index is -0.904. The number of hydrazine groups is 1. The van der Waals surface area contributed by atoms with Gasteiger partial charge in [0.15, 0.2) is 5.69 Å². The van der Waals surface area contributed by atoms with Gasteiger partial charge in [0.25, 0.3) is 11.8 Å². The average molecular weight is 368 g/mol. The van der Waals surface area contributed by atoms with Gasteiger partial charge in [-0.05, 0) is 43.7 Å². The number of hydrogen-bond donors (Lipinski definition) is 2. The summed E-state index contributed by atoms with van der Waals surface area (Å²) in [6.07, 6.45) is 4.17. The Balaban J connectivity index is 1.48. The van der Waals surface area contributed by atoms with Gasteiger partial charge in [-0.25, -0.2) is 4.79 Å². The van der Waals surface area contributed by atoms with Gasteiger partial charge in [-0.1, -0.05) is 25.1 Å². The number of rotatable bonds is 3. The standard InChI is InChI=1S/C18H20N6O3/c1-12-7-9-18(10-8-12)16(26)23(17(27)20-18)22-15(25)14-11-19-24(21-14)13-5-3-2-4-6-13/h2-6,11-12H,7-10H2,1H3,(H,20,27)(H,22,25). The van der Waals surface area contributed by atoms with Crippen molar-refractivity contribution in [3.63, 3.8) is 0 Å². The Hall–Kier alpha value is -3.23. The number of imide groups is 1. The van der Waals surface area contributed by atoms with Gasteiger partial charge in [0.05, 0.1) is 11.9 Å².